The van der Waals surface area contributed by atoms with Gasteiger partial charge in [-0.05, 0) is 35.8 Å². The molecule has 1 heterocycles. The molecule has 29 heavy (non-hydrogen) atoms. The van der Waals surface area contributed by atoms with Crippen LogP contribution in [-0.2, 0) is 14.9 Å². The zero-order chi connectivity index (χ0) is 21.3. The maximum absolute atomic E-state index is 11.4. The van der Waals surface area contributed by atoms with Gasteiger partial charge in [-0.25, -0.2) is 0 Å². The summed E-state index contributed by atoms with van der Waals surface area (Å²) in [5, 5.41) is 22.6. The first kappa shape index (κ1) is 22.0. The Balaban J connectivity index is 1.80. The van der Waals surface area contributed by atoms with Crippen molar-refractivity contribution in [3.63, 3.8) is 0 Å². The van der Waals surface area contributed by atoms with Crippen molar-refractivity contribution in [2.75, 3.05) is 13.2 Å². The van der Waals surface area contributed by atoms with Crippen molar-refractivity contribution in [3.8, 4) is 5.75 Å². The lowest BCUT2D eigenvalue weighted by molar-refractivity contribution is -0.294. The van der Waals surface area contributed by atoms with E-state index in [1.165, 1.54) is 0 Å². The second-order valence-corrected chi connectivity index (χ2v) is 13.9. The molecule has 0 saturated carbocycles. The number of aliphatic hydroxyl groups is 2. The minimum absolute atomic E-state index is 0.0904. The minimum atomic E-state index is -1.92. The van der Waals surface area contributed by atoms with Crippen LogP contribution in [0.1, 0.15) is 38.0 Å². The number of para-hydroxylation sites is 1. The molecule has 5 nitrogen and oxygen atoms in total. The van der Waals surface area contributed by atoms with E-state index >= 15 is 0 Å². The first-order valence-corrected chi connectivity index (χ1v) is 13.0. The number of aliphatic hydroxyl groups excluding tert-OH is 1. The standard InChI is InChI=1S/C23H32O5Si/c1-22(2,3)29(4,5)27-16-15-26-23(25)18-13-9-10-14-19(18)28-20(21(23)24)17-11-7-6-8-12-17/h6-14,20-21,24-25H,15-16H2,1-5H3/t20-,21+,23-/m0/s1. The molecular formula is C23H32O5Si. The molecule has 0 fully saturated rings. The molecule has 1 aliphatic rings. The SMILES string of the molecule is CC(C)(C)[Si](C)(C)OCCO[C@@]1(O)c2ccccc2O[C@@H](c2ccccc2)[C@H]1O. The van der Waals surface area contributed by atoms with Gasteiger partial charge in [0.2, 0.25) is 5.79 Å². The first-order valence-electron chi connectivity index (χ1n) is 10.1. The van der Waals surface area contributed by atoms with Crippen molar-refractivity contribution in [2.24, 2.45) is 0 Å². The molecule has 2 N–H and O–H groups in total. The van der Waals surface area contributed by atoms with Crippen LogP contribution in [0.3, 0.4) is 0 Å². The molecule has 0 unspecified atom stereocenters. The lowest BCUT2D eigenvalue weighted by Gasteiger charge is -2.43. The maximum atomic E-state index is 11.4. The average Bonchev–Trinajstić information content (AvgIpc) is 2.68. The highest BCUT2D eigenvalue weighted by molar-refractivity contribution is 6.74. The number of ether oxygens (including phenoxy) is 2. The Kier molecular flexibility index (Phi) is 6.22. The minimum Gasteiger partial charge on any atom is -0.482 e. The Morgan fingerprint density at radius 1 is 1.00 bits per heavy atom. The zero-order valence-electron chi connectivity index (χ0n) is 17.9. The van der Waals surface area contributed by atoms with Crippen LogP contribution in [0.25, 0.3) is 0 Å². The fourth-order valence-corrected chi connectivity index (χ4v) is 4.22. The summed E-state index contributed by atoms with van der Waals surface area (Å²) >= 11 is 0. The van der Waals surface area contributed by atoms with Crippen molar-refractivity contribution < 1.29 is 24.1 Å². The van der Waals surface area contributed by atoms with E-state index in [-0.39, 0.29) is 11.6 Å². The number of benzene rings is 2. The Hall–Kier alpha value is -1.70. The van der Waals surface area contributed by atoms with E-state index in [1.807, 2.05) is 36.4 Å². The largest absolute Gasteiger partial charge is 0.482 e. The van der Waals surface area contributed by atoms with Gasteiger partial charge in [0, 0.05) is 0 Å². The van der Waals surface area contributed by atoms with Gasteiger partial charge in [0.1, 0.15) is 5.75 Å². The van der Waals surface area contributed by atoms with Crippen LogP contribution >= 0.6 is 0 Å². The molecule has 2 aromatic carbocycles. The van der Waals surface area contributed by atoms with Crippen LogP contribution in [0, 0.1) is 0 Å². The van der Waals surface area contributed by atoms with E-state index in [1.54, 1.807) is 18.2 Å². The van der Waals surface area contributed by atoms with Crippen LogP contribution in [-0.4, -0.2) is 37.8 Å². The van der Waals surface area contributed by atoms with E-state index in [0.717, 1.165) is 5.56 Å². The predicted octanol–water partition coefficient (Wildman–Crippen LogP) is 4.36. The molecule has 0 spiro atoms. The molecule has 0 bridgehead atoms. The fraction of sp³-hybridized carbons (Fsp3) is 0.478. The van der Waals surface area contributed by atoms with Crippen LogP contribution in [0.15, 0.2) is 54.6 Å². The van der Waals surface area contributed by atoms with Crippen molar-refractivity contribution in [2.45, 2.75) is 56.9 Å². The molecule has 3 atom stereocenters. The lowest BCUT2D eigenvalue weighted by Crippen LogP contribution is -2.51. The zero-order valence-corrected chi connectivity index (χ0v) is 18.9. The normalized spacial score (nSPS) is 24.7. The topological polar surface area (TPSA) is 68.2 Å². The fourth-order valence-electron chi connectivity index (χ4n) is 3.20. The molecule has 0 amide bonds. The smallest absolute Gasteiger partial charge is 0.227 e. The molecule has 0 aromatic heterocycles. The third-order valence-corrected chi connectivity index (χ3v) is 10.6. The van der Waals surface area contributed by atoms with E-state index in [4.69, 9.17) is 13.9 Å². The first-order chi connectivity index (χ1) is 13.6. The highest BCUT2D eigenvalue weighted by atomic mass is 28.4. The second kappa shape index (κ2) is 8.20. The third-order valence-electron chi connectivity index (χ3n) is 6.02. The molecule has 0 radical (unpaired) electrons. The van der Waals surface area contributed by atoms with Crippen molar-refractivity contribution in [3.05, 3.63) is 65.7 Å². The second-order valence-electron chi connectivity index (χ2n) is 9.04. The summed E-state index contributed by atoms with van der Waals surface area (Å²) in [6, 6.07) is 16.5. The van der Waals surface area contributed by atoms with E-state index in [2.05, 4.69) is 33.9 Å². The van der Waals surface area contributed by atoms with Gasteiger partial charge in [-0.15, -0.1) is 0 Å². The Morgan fingerprint density at radius 3 is 2.28 bits per heavy atom. The van der Waals surface area contributed by atoms with Crippen molar-refractivity contribution >= 4 is 8.32 Å². The van der Waals surface area contributed by atoms with Crippen LogP contribution < -0.4 is 4.74 Å². The maximum Gasteiger partial charge on any atom is 0.227 e. The van der Waals surface area contributed by atoms with E-state index in [9.17, 15) is 10.2 Å². The summed E-state index contributed by atoms with van der Waals surface area (Å²) in [6.45, 7) is 11.4. The lowest BCUT2D eigenvalue weighted by atomic mass is 9.89. The van der Waals surface area contributed by atoms with E-state index < -0.39 is 26.3 Å². The van der Waals surface area contributed by atoms with Gasteiger partial charge in [-0.1, -0.05) is 63.2 Å². The summed E-state index contributed by atoms with van der Waals surface area (Å²) in [5.41, 5.74) is 1.20. The van der Waals surface area contributed by atoms with Crippen molar-refractivity contribution in [1.82, 2.24) is 0 Å². The monoisotopic (exact) mass is 416 g/mol. The average molecular weight is 417 g/mol. The molecule has 158 valence electrons. The number of hydrogen-bond acceptors (Lipinski definition) is 5. The van der Waals surface area contributed by atoms with Gasteiger partial charge in [0.25, 0.3) is 0 Å². The molecule has 2 aromatic rings. The molecular weight excluding hydrogens is 384 g/mol. The number of rotatable bonds is 6. The molecule has 1 aliphatic heterocycles. The highest BCUT2D eigenvalue weighted by Crippen LogP contribution is 2.45. The quantitative estimate of drug-likeness (QED) is 0.416. The summed E-state index contributed by atoms with van der Waals surface area (Å²) in [5.74, 6) is -1.38. The highest BCUT2D eigenvalue weighted by Gasteiger charge is 2.50. The molecule has 0 aliphatic carbocycles. The predicted molar refractivity (Wildman–Crippen MR) is 115 cm³/mol. The molecule has 0 saturated heterocycles. The van der Waals surface area contributed by atoms with Gasteiger partial charge in [0.05, 0.1) is 18.8 Å². The number of fused-ring (bicyclic) bond motifs is 1. The molecule has 3 rings (SSSR count). The summed E-state index contributed by atoms with van der Waals surface area (Å²) in [4.78, 5) is 0. The van der Waals surface area contributed by atoms with Gasteiger partial charge < -0.3 is 24.1 Å². The Morgan fingerprint density at radius 2 is 1.62 bits per heavy atom. The Bertz CT molecular complexity index is 818. The van der Waals surface area contributed by atoms with Gasteiger partial charge >= 0.3 is 0 Å². The van der Waals surface area contributed by atoms with Gasteiger partial charge in [-0.2, -0.15) is 0 Å². The Labute approximate surface area is 174 Å². The van der Waals surface area contributed by atoms with Gasteiger partial charge in [0.15, 0.2) is 20.5 Å². The van der Waals surface area contributed by atoms with Crippen LogP contribution in [0.2, 0.25) is 18.1 Å². The summed E-state index contributed by atoms with van der Waals surface area (Å²) < 4.78 is 18.1. The van der Waals surface area contributed by atoms with Crippen molar-refractivity contribution in [1.29, 1.82) is 0 Å². The van der Waals surface area contributed by atoms with Crippen LogP contribution in [0.4, 0.5) is 0 Å². The third kappa shape index (κ3) is 4.42. The van der Waals surface area contributed by atoms with Gasteiger partial charge in [-0.3, -0.25) is 0 Å². The summed E-state index contributed by atoms with van der Waals surface area (Å²) in [7, 11) is -1.92. The molecule has 6 heteroatoms. The van der Waals surface area contributed by atoms with E-state index in [0.29, 0.717) is 17.9 Å². The summed E-state index contributed by atoms with van der Waals surface area (Å²) in [6.07, 6.45) is -2.02. The van der Waals surface area contributed by atoms with Crippen LogP contribution in [0.5, 0.6) is 5.75 Å². The number of hydrogen-bond donors (Lipinski definition) is 2.